The van der Waals surface area contributed by atoms with Gasteiger partial charge in [0.1, 0.15) is 5.75 Å². The smallest absolute Gasteiger partial charge is 0.417 e. The van der Waals surface area contributed by atoms with Gasteiger partial charge in [-0.05, 0) is 68.3 Å². The molecule has 0 saturated carbocycles. The van der Waals surface area contributed by atoms with Gasteiger partial charge in [-0.25, -0.2) is 9.59 Å². The van der Waals surface area contributed by atoms with Gasteiger partial charge in [-0.1, -0.05) is 11.6 Å². The number of halogens is 1. The van der Waals surface area contributed by atoms with Crippen LogP contribution in [0.4, 0.5) is 10.5 Å². The van der Waals surface area contributed by atoms with Crippen LogP contribution in [-0.2, 0) is 4.74 Å². The minimum Gasteiger partial charge on any atom is -0.462 e. The van der Waals surface area contributed by atoms with E-state index in [4.69, 9.17) is 21.1 Å². The Morgan fingerprint density at radius 3 is 2.21 bits per heavy atom. The van der Waals surface area contributed by atoms with Gasteiger partial charge in [-0.2, -0.15) is 0 Å². The predicted molar refractivity (Wildman–Crippen MR) is 93.0 cm³/mol. The number of rotatable bonds is 4. The molecular weight excluding hydrogens is 330 g/mol. The molecule has 0 saturated heterocycles. The van der Waals surface area contributed by atoms with Gasteiger partial charge in [-0.15, -0.1) is 0 Å². The maximum atomic E-state index is 12.0. The number of hydrogen-bond acceptors (Lipinski definition) is 4. The van der Waals surface area contributed by atoms with Crippen LogP contribution < -0.4 is 10.1 Å². The zero-order valence-corrected chi connectivity index (χ0v) is 14.4. The highest BCUT2D eigenvalue weighted by molar-refractivity contribution is 6.30. The standard InChI is InChI=1S/C18H18ClNO4/c1-4-23-17(21)13-5-7-15(8-6-13)20-18(22)24-16-11(2)9-14(19)10-12(16)3/h5-10H,4H2,1-3H3,(H,20,22). The van der Waals surface area contributed by atoms with Crippen LogP contribution in [0, 0.1) is 13.8 Å². The molecule has 6 heteroatoms. The lowest BCUT2D eigenvalue weighted by molar-refractivity contribution is 0.0526. The number of hydrogen-bond donors (Lipinski definition) is 1. The van der Waals surface area contributed by atoms with Crippen molar-refractivity contribution in [3.05, 3.63) is 58.1 Å². The summed E-state index contributed by atoms with van der Waals surface area (Å²) >= 11 is 5.96. The molecule has 2 rings (SSSR count). The van der Waals surface area contributed by atoms with Crippen LogP contribution in [0.2, 0.25) is 5.02 Å². The average Bonchev–Trinajstić information content (AvgIpc) is 2.52. The molecular formula is C18H18ClNO4. The van der Waals surface area contributed by atoms with Crippen molar-refractivity contribution in [1.29, 1.82) is 0 Å². The van der Waals surface area contributed by atoms with Crippen molar-refractivity contribution in [2.75, 3.05) is 11.9 Å². The topological polar surface area (TPSA) is 64.6 Å². The molecule has 0 radical (unpaired) electrons. The lowest BCUT2D eigenvalue weighted by Crippen LogP contribution is -2.18. The van der Waals surface area contributed by atoms with Gasteiger partial charge < -0.3 is 9.47 Å². The SMILES string of the molecule is CCOC(=O)c1ccc(NC(=O)Oc2c(C)cc(Cl)cc2C)cc1. The third kappa shape index (κ3) is 4.49. The highest BCUT2D eigenvalue weighted by atomic mass is 35.5. The zero-order chi connectivity index (χ0) is 17.7. The van der Waals surface area contributed by atoms with Crippen LogP contribution in [0.3, 0.4) is 0 Å². The Morgan fingerprint density at radius 2 is 1.67 bits per heavy atom. The zero-order valence-electron chi connectivity index (χ0n) is 13.7. The molecule has 24 heavy (non-hydrogen) atoms. The van der Waals surface area contributed by atoms with Crippen molar-refractivity contribution in [3.8, 4) is 5.75 Å². The first-order valence-electron chi connectivity index (χ1n) is 7.43. The van der Waals surface area contributed by atoms with E-state index >= 15 is 0 Å². The second-order valence-corrected chi connectivity index (χ2v) is 5.62. The van der Waals surface area contributed by atoms with E-state index in [1.54, 1.807) is 43.3 Å². The van der Waals surface area contributed by atoms with E-state index in [0.29, 0.717) is 28.6 Å². The van der Waals surface area contributed by atoms with Gasteiger partial charge in [0.05, 0.1) is 12.2 Å². The molecule has 0 atom stereocenters. The molecule has 5 nitrogen and oxygen atoms in total. The van der Waals surface area contributed by atoms with Crippen LogP contribution in [0.25, 0.3) is 0 Å². The Labute approximate surface area is 145 Å². The molecule has 1 N–H and O–H groups in total. The number of nitrogens with one attached hydrogen (secondary N) is 1. The van der Waals surface area contributed by atoms with E-state index in [2.05, 4.69) is 5.32 Å². The van der Waals surface area contributed by atoms with Crippen LogP contribution in [0.1, 0.15) is 28.4 Å². The van der Waals surface area contributed by atoms with Crippen molar-refractivity contribution >= 4 is 29.4 Å². The summed E-state index contributed by atoms with van der Waals surface area (Å²) in [6.45, 7) is 5.68. The number of aryl methyl sites for hydroxylation is 2. The summed E-state index contributed by atoms with van der Waals surface area (Å²) in [6.07, 6.45) is -0.618. The van der Waals surface area contributed by atoms with E-state index in [9.17, 15) is 9.59 Å². The molecule has 0 unspecified atom stereocenters. The summed E-state index contributed by atoms with van der Waals surface area (Å²) in [7, 11) is 0. The van der Waals surface area contributed by atoms with Crippen LogP contribution in [0.15, 0.2) is 36.4 Å². The predicted octanol–water partition coefficient (Wildman–Crippen LogP) is 4.74. The monoisotopic (exact) mass is 347 g/mol. The van der Waals surface area contributed by atoms with Crippen LogP contribution in [0.5, 0.6) is 5.75 Å². The first-order valence-corrected chi connectivity index (χ1v) is 7.81. The summed E-state index contributed by atoms with van der Waals surface area (Å²) in [4.78, 5) is 23.6. The van der Waals surface area contributed by atoms with E-state index in [1.165, 1.54) is 0 Å². The van der Waals surface area contributed by atoms with Gasteiger partial charge in [0.25, 0.3) is 0 Å². The van der Waals surface area contributed by atoms with E-state index < -0.39 is 12.1 Å². The van der Waals surface area contributed by atoms with E-state index in [0.717, 1.165) is 11.1 Å². The first kappa shape index (κ1) is 17.8. The second-order valence-electron chi connectivity index (χ2n) is 5.18. The summed E-state index contributed by atoms with van der Waals surface area (Å²) in [5.41, 5.74) is 2.47. The Hall–Kier alpha value is -2.53. The molecule has 0 spiro atoms. The van der Waals surface area contributed by atoms with Crippen molar-refractivity contribution in [1.82, 2.24) is 0 Å². The van der Waals surface area contributed by atoms with Crippen molar-refractivity contribution < 1.29 is 19.1 Å². The molecule has 0 aliphatic rings. The molecule has 2 aromatic rings. The Bertz CT molecular complexity index is 733. The van der Waals surface area contributed by atoms with Gasteiger partial charge in [0, 0.05) is 10.7 Å². The Morgan fingerprint density at radius 1 is 1.08 bits per heavy atom. The van der Waals surface area contributed by atoms with E-state index in [-0.39, 0.29) is 0 Å². The number of ether oxygens (including phenoxy) is 2. The van der Waals surface area contributed by atoms with Gasteiger partial charge in [0.15, 0.2) is 0 Å². The molecule has 0 aromatic heterocycles. The molecule has 0 heterocycles. The average molecular weight is 348 g/mol. The lowest BCUT2D eigenvalue weighted by Gasteiger charge is -2.12. The van der Waals surface area contributed by atoms with Crippen LogP contribution in [-0.4, -0.2) is 18.7 Å². The number of anilines is 1. The molecule has 1 amide bonds. The van der Waals surface area contributed by atoms with Crippen molar-refractivity contribution in [2.45, 2.75) is 20.8 Å². The lowest BCUT2D eigenvalue weighted by atomic mass is 10.1. The summed E-state index contributed by atoms with van der Waals surface area (Å²) in [5.74, 6) is 0.0686. The molecule has 0 fully saturated rings. The molecule has 0 aliphatic heterocycles. The first-order chi connectivity index (χ1) is 11.4. The largest absolute Gasteiger partial charge is 0.462 e. The van der Waals surface area contributed by atoms with E-state index in [1.807, 2.05) is 13.8 Å². The normalized spacial score (nSPS) is 10.2. The maximum Gasteiger partial charge on any atom is 0.417 e. The van der Waals surface area contributed by atoms with Crippen molar-refractivity contribution in [3.63, 3.8) is 0 Å². The van der Waals surface area contributed by atoms with Gasteiger partial charge in [-0.3, -0.25) is 5.32 Å². The molecule has 2 aromatic carbocycles. The maximum absolute atomic E-state index is 12.0. The molecule has 0 aliphatic carbocycles. The minimum atomic E-state index is -0.618. The number of amides is 1. The summed E-state index contributed by atoms with van der Waals surface area (Å²) in [5, 5.41) is 3.20. The van der Waals surface area contributed by atoms with Crippen molar-refractivity contribution in [2.24, 2.45) is 0 Å². The van der Waals surface area contributed by atoms with Gasteiger partial charge in [0.2, 0.25) is 0 Å². The Balaban J connectivity index is 2.04. The highest BCUT2D eigenvalue weighted by Gasteiger charge is 2.12. The minimum absolute atomic E-state index is 0.310. The van der Waals surface area contributed by atoms with Gasteiger partial charge >= 0.3 is 12.1 Å². The summed E-state index contributed by atoms with van der Waals surface area (Å²) < 4.78 is 10.3. The highest BCUT2D eigenvalue weighted by Crippen LogP contribution is 2.27. The second kappa shape index (κ2) is 7.84. The van der Waals surface area contributed by atoms with Crippen LogP contribution >= 0.6 is 11.6 Å². The fourth-order valence-corrected chi connectivity index (χ4v) is 2.53. The number of esters is 1. The fraction of sp³-hybridized carbons (Fsp3) is 0.222. The third-order valence-corrected chi connectivity index (χ3v) is 3.48. The Kier molecular flexibility index (Phi) is 5.82. The quantitative estimate of drug-likeness (QED) is 0.811. The number of benzene rings is 2. The third-order valence-electron chi connectivity index (χ3n) is 3.26. The number of carbonyl (C=O) groups is 2. The summed E-state index contributed by atoms with van der Waals surface area (Å²) in [6, 6.07) is 9.82. The molecule has 0 bridgehead atoms. The number of carbonyl (C=O) groups excluding carboxylic acids is 2. The fourth-order valence-electron chi connectivity index (χ4n) is 2.20. The molecule has 126 valence electrons.